The van der Waals surface area contributed by atoms with E-state index in [0.29, 0.717) is 11.3 Å². The van der Waals surface area contributed by atoms with Gasteiger partial charge in [-0.2, -0.15) is 0 Å². The summed E-state index contributed by atoms with van der Waals surface area (Å²) in [6.45, 7) is 9.75. The number of nitrogens with zero attached hydrogens (tertiary/aromatic N) is 1. The third kappa shape index (κ3) is 10.0. The fraction of sp³-hybridized carbons (Fsp3) is 0.929. The second kappa shape index (κ2) is 8.60. The van der Waals surface area contributed by atoms with Crippen LogP contribution in [0.5, 0.6) is 0 Å². The molecule has 0 rings (SSSR count). The predicted molar refractivity (Wildman–Crippen MR) is 73.9 cm³/mol. The van der Waals surface area contributed by atoms with Crippen molar-refractivity contribution in [3.05, 3.63) is 0 Å². The standard InChI is InChI=1S/C14H30N2/c1-5-6-7-8-10-14(3,4)11-9-12-16-13(2)15/h5-12H2,1-4H3,(H2,15,16). The Labute approximate surface area is 102 Å². The molecule has 0 saturated heterocycles. The van der Waals surface area contributed by atoms with Crippen molar-refractivity contribution in [3.63, 3.8) is 0 Å². The van der Waals surface area contributed by atoms with Crippen molar-refractivity contribution in [3.8, 4) is 0 Å². The van der Waals surface area contributed by atoms with Gasteiger partial charge in [0.15, 0.2) is 0 Å². The smallest absolute Gasteiger partial charge is 0.0905 e. The highest BCUT2D eigenvalue weighted by molar-refractivity contribution is 5.77. The minimum Gasteiger partial charge on any atom is -0.388 e. The molecule has 0 aliphatic heterocycles. The van der Waals surface area contributed by atoms with Crippen LogP contribution < -0.4 is 5.73 Å². The van der Waals surface area contributed by atoms with Crippen molar-refractivity contribution < 1.29 is 0 Å². The molecular weight excluding hydrogens is 196 g/mol. The summed E-state index contributed by atoms with van der Waals surface area (Å²) >= 11 is 0. The van der Waals surface area contributed by atoms with E-state index in [1.54, 1.807) is 0 Å². The maximum atomic E-state index is 5.51. The molecule has 0 bridgehead atoms. The average Bonchev–Trinajstić information content (AvgIpc) is 2.19. The first-order valence-electron chi connectivity index (χ1n) is 6.74. The molecular formula is C14H30N2. The number of hydrogen-bond donors (Lipinski definition) is 1. The van der Waals surface area contributed by atoms with Crippen molar-refractivity contribution in [2.75, 3.05) is 6.54 Å². The SMILES string of the molecule is CCCCCCC(C)(C)CCCN=C(C)N. The summed E-state index contributed by atoms with van der Waals surface area (Å²) in [7, 11) is 0. The lowest BCUT2D eigenvalue weighted by molar-refractivity contribution is 0.289. The van der Waals surface area contributed by atoms with Gasteiger partial charge in [0, 0.05) is 6.54 Å². The Bertz CT molecular complexity index is 191. The predicted octanol–water partition coefficient (Wildman–Crippen LogP) is 4.14. The van der Waals surface area contributed by atoms with Crippen molar-refractivity contribution in [2.45, 2.75) is 72.6 Å². The van der Waals surface area contributed by atoms with Gasteiger partial charge in [0.05, 0.1) is 5.84 Å². The molecule has 0 spiro atoms. The Balaban J connectivity index is 3.57. The lowest BCUT2D eigenvalue weighted by atomic mass is 9.82. The second-order valence-electron chi connectivity index (χ2n) is 5.60. The van der Waals surface area contributed by atoms with Gasteiger partial charge in [-0.3, -0.25) is 4.99 Å². The summed E-state index contributed by atoms with van der Waals surface area (Å²) in [4.78, 5) is 4.23. The summed E-state index contributed by atoms with van der Waals surface area (Å²) in [6, 6.07) is 0. The number of unbranched alkanes of at least 4 members (excludes halogenated alkanes) is 3. The maximum absolute atomic E-state index is 5.51. The zero-order valence-corrected chi connectivity index (χ0v) is 11.7. The minimum absolute atomic E-state index is 0.478. The van der Waals surface area contributed by atoms with E-state index in [1.165, 1.54) is 38.5 Å². The largest absolute Gasteiger partial charge is 0.388 e. The van der Waals surface area contributed by atoms with Crippen molar-refractivity contribution in [1.29, 1.82) is 0 Å². The molecule has 0 aliphatic carbocycles. The fourth-order valence-electron chi connectivity index (χ4n) is 1.97. The molecule has 0 atom stereocenters. The van der Waals surface area contributed by atoms with E-state index in [2.05, 4.69) is 25.8 Å². The normalized spacial score (nSPS) is 13.1. The van der Waals surface area contributed by atoms with E-state index in [0.717, 1.165) is 13.0 Å². The van der Waals surface area contributed by atoms with E-state index >= 15 is 0 Å². The number of hydrogen-bond acceptors (Lipinski definition) is 1. The minimum atomic E-state index is 0.478. The Morgan fingerprint density at radius 1 is 1.06 bits per heavy atom. The molecule has 0 aromatic heterocycles. The van der Waals surface area contributed by atoms with Crippen LogP contribution in [0.15, 0.2) is 4.99 Å². The van der Waals surface area contributed by atoms with Gasteiger partial charge in [-0.15, -0.1) is 0 Å². The summed E-state index contributed by atoms with van der Waals surface area (Å²) in [6.07, 6.45) is 9.24. The molecule has 0 fully saturated rings. The van der Waals surface area contributed by atoms with Crippen molar-refractivity contribution in [2.24, 2.45) is 16.1 Å². The molecule has 0 amide bonds. The first kappa shape index (κ1) is 15.5. The summed E-state index contributed by atoms with van der Waals surface area (Å²) in [5.74, 6) is 0.709. The third-order valence-electron chi connectivity index (χ3n) is 3.08. The van der Waals surface area contributed by atoms with Crippen molar-refractivity contribution >= 4 is 5.84 Å². The third-order valence-corrected chi connectivity index (χ3v) is 3.08. The second-order valence-corrected chi connectivity index (χ2v) is 5.60. The van der Waals surface area contributed by atoms with Crippen LogP contribution in [0.25, 0.3) is 0 Å². The maximum Gasteiger partial charge on any atom is 0.0905 e. The molecule has 0 radical (unpaired) electrons. The van der Waals surface area contributed by atoms with Crippen LogP contribution in [0.3, 0.4) is 0 Å². The summed E-state index contributed by atoms with van der Waals surface area (Å²) < 4.78 is 0. The van der Waals surface area contributed by atoms with E-state index in [9.17, 15) is 0 Å². The molecule has 0 aromatic rings. The first-order valence-corrected chi connectivity index (χ1v) is 6.74. The summed E-state index contributed by atoms with van der Waals surface area (Å²) in [5, 5.41) is 0. The van der Waals surface area contributed by atoms with Crippen LogP contribution in [0, 0.1) is 5.41 Å². The number of nitrogens with two attached hydrogens (primary N) is 1. The van der Waals surface area contributed by atoms with Crippen molar-refractivity contribution in [1.82, 2.24) is 0 Å². The van der Waals surface area contributed by atoms with E-state index in [4.69, 9.17) is 5.73 Å². The zero-order valence-electron chi connectivity index (χ0n) is 11.7. The molecule has 0 aliphatic rings. The zero-order chi connectivity index (χ0) is 12.4. The van der Waals surface area contributed by atoms with Gasteiger partial charge in [0.25, 0.3) is 0 Å². The molecule has 0 aromatic carbocycles. The van der Waals surface area contributed by atoms with Crippen LogP contribution in [0.2, 0.25) is 0 Å². The van der Waals surface area contributed by atoms with Crippen LogP contribution in [0.1, 0.15) is 72.6 Å². The molecule has 16 heavy (non-hydrogen) atoms. The van der Waals surface area contributed by atoms with Gasteiger partial charge < -0.3 is 5.73 Å². The topological polar surface area (TPSA) is 38.4 Å². The van der Waals surface area contributed by atoms with Gasteiger partial charge in [-0.1, -0.05) is 46.5 Å². The Kier molecular flexibility index (Phi) is 8.32. The highest BCUT2D eigenvalue weighted by Gasteiger charge is 2.16. The van der Waals surface area contributed by atoms with E-state index in [-0.39, 0.29) is 0 Å². The monoisotopic (exact) mass is 226 g/mol. The molecule has 2 nitrogen and oxygen atoms in total. The molecule has 0 heterocycles. The van der Waals surface area contributed by atoms with Gasteiger partial charge in [0.1, 0.15) is 0 Å². The lowest BCUT2D eigenvalue weighted by Crippen LogP contribution is -2.12. The van der Waals surface area contributed by atoms with Crippen LogP contribution in [0.4, 0.5) is 0 Å². The Morgan fingerprint density at radius 3 is 2.25 bits per heavy atom. The highest BCUT2D eigenvalue weighted by Crippen LogP contribution is 2.29. The quantitative estimate of drug-likeness (QED) is 0.358. The van der Waals surface area contributed by atoms with Crippen LogP contribution >= 0.6 is 0 Å². The summed E-state index contributed by atoms with van der Waals surface area (Å²) in [5.41, 5.74) is 5.98. The Hall–Kier alpha value is -0.530. The molecule has 0 saturated carbocycles. The van der Waals surface area contributed by atoms with Crippen LogP contribution in [-0.2, 0) is 0 Å². The average molecular weight is 226 g/mol. The number of aliphatic imine (C=N–C) groups is 1. The highest BCUT2D eigenvalue weighted by atomic mass is 14.8. The molecule has 2 N–H and O–H groups in total. The van der Waals surface area contributed by atoms with E-state index < -0.39 is 0 Å². The van der Waals surface area contributed by atoms with Gasteiger partial charge in [-0.05, 0) is 31.6 Å². The molecule has 96 valence electrons. The van der Waals surface area contributed by atoms with Gasteiger partial charge in [0.2, 0.25) is 0 Å². The van der Waals surface area contributed by atoms with Crippen LogP contribution in [-0.4, -0.2) is 12.4 Å². The first-order chi connectivity index (χ1) is 7.48. The Morgan fingerprint density at radius 2 is 1.69 bits per heavy atom. The fourth-order valence-corrected chi connectivity index (χ4v) is 1.97. The number of amidine groups is 1. The van der Waals surface area contributed by atoms with Gasteiger partial charge >= 0.3 is 0 Å². The molecule has 2 heteroatoms. The van der Waals surface area contributed by atoms with Gasteiger partial charge in [-0.25, -0.2) is 0 Å². The molecule has 0 unspecified atom stereocenters. The van der Waals surface area contributed by atoms with E-state index in [1.807, 2.05) is 6.92 Å². The lowest BCUT2D eigenvalue weighted by Gasteiger charge is -2.24. The number of rotatable bonds is 9.